The van der Waals surface area contributed by atoms with Crippen molar-refractivity contribution in [1.82, 2.24) is 4.90 Å². The molecule has 1 heterocycles. The van der Waals surface area contributed by atoms with Crippen molar-refractivity contribution in [2.75, 3.05) is 6.54 Å². The van der Waals surface area contributed by atoms with Gasteiger partial charge in [-0.05, 0) is 17.8 Å². The maximum absolute atomic E-state index is 12.6. The summed E-state index contributed by atoms with van der Waals surface area (Å²) in [7, 11) is 0. The van der Waals surface area contributed by atoms with Gasteiger partial charge in [0.25, 0.3) is 0 Å². The number of carbonyl (C=O) groups is 3. The minimum atomic E-state index is -0.489. The summed E-state index contributed by atoms with van der Waals surface area (Å²) in [5.74, 6) is -0.744. The maximum atomic E-state index is 12.6. The van der Waals surface area contributed by atoms with E-state index in [9.17, 15) is 14.4 Å². The number of hydrogen-bond acceptors (Lipinski definition) is 3. The summed E-state index contributed by atoms with van der Waals surface area (Å²) < 4.78 is 0. The standard InChI is InChI=1S/C16H28N2O3/c1-5-6-8-16(4,11(2)3)12-10-14(20)18(15(12)21)9-7-13(17)19/h11-12H,5-10H2,1-4H3,(H2,17,19). The zero-order valence-corrected chi connectivity index (χ0v) is 13.6. The van der Waals surface area contributed by atoms with Gasteiger partial charge >= 0.3 is 0 Å². The molecule has 21 heavy (non-hydrogen) atoms. The first-order valence-electron chi connectivity index (χ1n) is 7.86. The van der Waals surface area contributed by atoms with Gasteiger partial charge in [0, 0.05) is 19.4 Å². The maximum Gasteiger partial charge on any atom is 0.233 e. The molecule has 1 saturated heterocycles. The van der Waals surface area contributed by atoms with Crippen LogP contribution in [0.4, 0.5) is 0 Å². The molecule has 0 aromatic heterocycles. The van der Waals surface area contributed by atoms with E-state index in [-0.39, 0.29) is 42.5 Å². The molecule has 0 aromatic carbocycles. The molecule has 2 N–H and O–H groups in total. The highest BCUT2D eigenvalue weighted by atomic mass is 16.2. The van der Waals surface area contributed by atoms with Crippen LogP contribution in [0.25, 0.3) is 0 Å². The van der Waals surface area contributed by atoms with E-state index in [1.807, 2.05) is 0 Å². The molecule has 120 valence electrons. The largest absolute Gasteiger partial charge is 0.370 e. The van der Waals surface area contributed by atoms with Crippen LogP contribution in [0.5, 0.6) is 0 Å². The van der Waals surface area contributed by atoms with Crippen molar-refractivity contribution >= 4 is 17.7 Å². The lowest BCUT2D eigenvalue weighted by Gasteiger charge is -2.38. The van der Waals surface area contributed by atoms with Crippen LogP contribution in [0.15, 0.2) is 0 Å². The fourth-order valence-corrected chi connectivity index (χ4v) is 3.08. The van der Waals surface area contributed by atoms with Crippen LogP contribution >= 0.6 is 0 Å². The molecule has 1 rings (SSSR count). The molecular formula is C16H28N2O3. The van der Waals surface area contributed by atoms with E-state index in [0.717, 1.165) is 19.3 Å². The molecule has 1 aliphatic rings. The number of nitrogens with zero attached hydrogens (tertiary/aromatic N) is 1. The first-order valence-corrected chi connectivity index (χ1v) is 7.86. The summed E-state index contributed by atoms with van der Waals surface area (Å²) in [6, 6.07) is 0. The topological polar surface area (TPSA) is 80.5 Å². The third-order valence-electron chi connectivity index (χ3n) is 5.01. The van der Waals surface area contributed by atoms with Crippen molar-refractivity contribution in [3.05, 3.63) is 0 Å². The van der Waals surface area contributed by atoms with Crippen LogP contribution in [0.3, 0.4) is 0 Å². The Hall–Kier alpha value is -1.39. The highest BCUT2D eigenvalue weighted by molar-refractivity contribution is 6.04. The van der Waals surface area contributed by atoms with Crippen LogP contribution < -0.4 is 5.73 Å². The van der Waals surface area contributed by atoms with E-state index < -0.39 is 5.91 Å². The second kappa shape index (κ2) is 7.05. The number of imide groups is 1. The summed E-state index contributed by atoms with van der Waals surface area (Å²) in [5, 5.41) is 0. The molecule has 3 amide bonds. The predicted octanol–water partition coefficient (Wildman–Crippen LogP) is 2.09. The lowest BCUT2D eigenvalue weighted by atomic mass is 9.65. The van der Waals surface area contributed by atoms with Gasteiger partial charge in [0.1, 0.15) is 0 Å². The highest BCUT2D eigenvalue weighted by Gasteiger charge is 2.49. The molecule has 1 fully saturated rings. The summed E-state index contributed by atoms with van der Waals surface area (Å²) in [6.07, 6.45) is 3.36. The molecule has 0 aromatic rings. The van der Waals surface area contributed by atoms with E-state index in [1.165, 1.54) is 4.90 Å². The molecule has 2 unspecified atom stereocenters. The number of primary amides is 1. The Labute approximate surface area is 127 Å². The van der Waals surface area contributed by atoms with Gasteiger partial charge in [-0.15, -0.1) is 0 Å². The lowest BCUT2D eigenvalue weighted by molar-refractivity contribution is -0.141. The Morgan fingerprint density at radius 3 is 2.52 bits per heavy atom. The summed E-state index contributed by atoms with van der Waals surface area (Å²) >= 11 is 0. The lowest BCUT2D eigenvalue weighted by Crippen LogP contribution is -2.40. The molecule has 5 heteroatoms. The Morgan fingerprint density at radius 1 is 1.43 bits per heavy atom. The fraction of sp³-hybridized carbons (Fsp3) is 0.812. The molecule has 0 bridgehead atoms. The number of rotatable bonds is 8. The van der Waals surface area contributed by atoms with Crippen molar-refractivity contribution in [3.63, 3.8) is 0 Å². The number of nitrogens with two attached hydrogens (primary N) is 1. The third-order valence-corrected chi connectivity index (χ3v) is 5.01. The minimum absolute atomic E-state index is 0.0392. The Kier molecular flexibility index (Phi) is 5.93. The number of carbonyl (C=O) groups excluding carboxylic acids is 3. The first kappa shape index (κ1) is 17.7. The number of hydrogen-bond donors (Lipinski definition) is 1. The summed E-state index contributed by atoms with van der Waals surface area (Å²) in [4.78, 5) is 36.8. The molecule has 5 nitrogen and oxygen atoms in total. The minimum Gasteiger partial charge on any atom is -0.370 e. The normalized spacial score (nSPS) is 22.0. The average molecular weight is 296 g/mol. The van der Waals surface area contributed by atoms with E-state index in [1.54, 1.807) is 0 Å². The van der Waals surface area contributed by atoms with Gasteiger partial charge in [0.15, 0.2) is 0 Å². The molecule has 0 saturated carbocycles. The average Bonchev–Trinajstić information content (AvgIpc) is 2.69. The van der Waals surface area contributed by atoms with Crippen LogP contribution in [0.1, 0.15) is 59.8 Å². The molecular weight excluding hydrogens is 268 g/mol. The molecule has 2 atom stereocenters. The van der Waals surface area contributed by atoms with Gasteiger partial charge in [-0.1, -0.05) is 40.5 Å². The zero-order chi connectivity index (χ0) is 16.2. The summed E-state index contributed by atoms with van der Waals surface area (Å²) in [5.41, 5.74) is 4.93. The smallest absolute Gasteiger partial charge is 0.233 e. The Bertz CT molecular complexity index is 420. The number of likely N-dealkylation sites (tertiary alicyclic amines) is 1. The van der Waals surface area contributed by atoms with Gasteiger partial charge in [-0.3, -0.25) is 19.3 Å². The van der Waals surface area contributed by atoms with Crippen molar-refractivity contribution in [2.24, 2.45) is 23.0 Å². The van der Waals surface area contributed by atoms with Crippen molar-refractivity contribution < 1.29 is 14.4 Å². The quantitative estimate of drug-likeness (QED) is 0.696. The SMILES string of the molecule is CCCCC(C)(C(C)C)C1CC(=O)N(CCC(N)=O)C1=O. The van der Waals surface area contributed by atoms with Gasteiger partial charge < -0.3 is 5.73 Å². The summed E-state index contributed by atoms with van der Waals surface area (Å²) in [6.45, 7) is 8.58. The van der Waals surface area contributed by atoms with E-state index in [2.05, 4.69) is 27.7 Å². The molecule has 0 radical (unpaired) electrons. The van der Waals surface area contributed by atoms with Crippen molar-refractivity contribution in [1.29, 1.82) is 0 Å². The van der Waals surface area contributed by atoms with Crippen molar-refractivity contribution in [3.8, 4) is 0 Å². The van der Waals surface area contributed by atoms with Gasteiger partial charge in [-0.25, -0.2) is 0 Å². The third kappa shape index (κ3) is 3.83. The van der Waals surface area contributed by atoms with Crippen LogP contribution in [-0.2, 0) is 14.4 Å². The van der Waals surface area contributed by atoms with Crippen LogP contribution in [-0.4, -0.2) is 29.2 Å². The second-order valence-corrected chi connectivity index (χ2v) is 6.62. The van der Waals surface area contributed by atoms with Gasteiger partial charge in [0.05, 0.1) is 5.92 Å². The van der Waals surface area contributed by atoms with E-state index in [4.69, 9.17) is 5.73 Å². The molecule has 1 aliphatic heterocycles. The number of unbranched alkanes of at least 4 members (excludes halogenated alkanes) is 1. The van der Waals surface area contributed by atoms with Crippen molar-refractivity contribution in [2.45, 2.75) is 59.8 Å². The van der Waals surface area contributed by atoms with E-state index in [0.29, 0.717) is 5.92 Å². The van der Waals surface area contributed by atoms with E-state index >= 15 is 0 Å². The Morgan fingerprint density at radius 2 is 2.05 bits per heavy atom. The van der Waals surface area contributed by atoms with Crippen LogP contribution in [0.2, 0.25) is 0 Å². The van der Waals surface area contributed by atoms with Crippen LogP contribution in [0, 0.1) is 17.3 Å². The fourth-order valence-electron chi connectivity index (χ4n) is 3.08. The highest BCUT2D eigenvalue weighted by Crippen LogP contribution is 2.45. The van der Waals surface area contributed by atoms with Gasteiger partial charge in [-0.2, -0.15) is 0 Å². The zero-order valence-electron chi connectivity index (χ0n) is 13.6. The molecule has 0 spiro atoms. The first-order chi connectivity index (χ1) is 9.74. The predicted molar refractivity (Wildman–Crippen MR) is 81.1 cm³/mol. The Balaban J connectivity index is 2.89. The monoisotopic (exact) mass is 296 g/mol. The second-order valence-electron chi connectivity index (χ2n) is 6.62. The number of amides is 3. The molecule has 0 aliphatic carbocycles. The van der Waals surface area contributed by atoms with Gasteiger partial charge in [0.2, 0.25) is 17.7 Å².